The molecule has 1 N–H and O–H groups in total. The zero-order chi connectivity index (χ0) is 17.8. The van der Waals surface area contributed by atoms with Gasteiger partial charge in [0.2, 0.25) is 0 Å². The van der Waals surface area contributed by atoms with Crippen LogP contribution >= 0.6 is 11.3 Å². The molecule has 0 spiro atoms. The van der Waals surface area contributed by atoms with Crippen LogP contribution in [0.2, 0.25) is 0 Å². The lowest BCUT2D eigenvalue weighted by molar-refractivity contribution is 0.282. The summed E-state index contributed by atoms with van der Waals surface area (Å²) in [7, 11) is 0. The zero-order valence-electron chi connectivity index (χ0n) is 15.6. The van der Waals surface area contributed by atoms with Crippen LogP contribution in [0, 0.1) is 5.92 Å². The van der Waals surface area contributed by atoms with Gasteiger partial charge in [0.25, 0.3) is 0 Å². The lowest BCUT2D eigenvalue weighted by Gasteiger charge is -2.15. The maximum atomic E-state index is 9.16. The van der Waals surface area contributed by atoms with E-state index >= 15 is 0 Å². The first-order valence-electron chi connectivity index (χ1n) is 9.98. The highest BCUT2D eigenvalue weighted by Crippen LogP contribution is 2.25. The second-order valence-electron chi connectivity index (χ2n) is 7.97. The molecule has 2 saturated heterocycles. The van der Waals surface area contributed by atoms with Crippen molar-refractivity contribution in [3.63, 3.8) is 0 Å². The van der Waals surface area contributed by atoms with Crippen molar-refractivity contribution in [2.75, 3.05) is 26.2 Å². The van der Waals surface area contributed by atoms with Crippen molar-refractivity contribution in [1.29, 1.82) is 0 Å². The average Bonchev–Trinajstić information content (AvgIpc) is 3.40. The van der Waals surface area contributed by atoms with Crippen molar-refractivity contribution in [2.45, 2.75) is 45.4 Å². The summed E-state index contributed by atoms with van der Waals surface area (Å²) in [6.45, 7) is 7.38. The highest BCUT2D eigenvalue weighted by molar-refractivity contribution is 7.10. The van der Waals surface area contributed by atoms with Gasteiger partial charge in [0.05, 0.1) is 6.61 Å². The Balaban J connectivity index is 1.25. The van der Waals surface area contributed by atoms with E-state index in [-0.39, 0.29) is 6.61 Å². The van der Waals surface area contributed by atoms with E-state index in [2.05, 4.69) is 45.5 Å². The van der Waals surface area contributed by atoms with E-state index < -0.39 is 0 Å². The van der Waals surface area contributed by atoms with Gasteiger partial charge in [0, 0.05) is 24.5 Å². The van der Waals surface area contributed by atoms with E-state index in [1.807, 2.05) is 11.3 Å². The number of aliphatic hydroxyl groups excluding tert-OH is 1. The minimum atomic E-state index is 0.137. The third-order valence-corrected chi connectivity index (χ3v) is 6.76. The van der Waals surface area contributed by atoms with Crippen LogP contribution in [0.4, 0.5) is 0 Å². The van der Waals surface area contributed by atoms with Crippen molar-refractivity contribution in [1.82, 2.24) is 9.80 Å². The normalized spacial score (nSPS) is 21.7. The molecule has 0 amide bonds. The summed E-state index contributed by atoms with van der Waals surface area (Å²) < 4.78 is 0. The second kappa shape index (κ2) is 8.66. The van der Waals surface area contributed by atoms with Crippen LogP contribution in [0.3, 0.4) is 0 Å². The average molecular weight is 371 g/mol. The smallest absolute Gasteiger partial charge is 0.0681 e. The molecule has 0 saturated carbocycles. The second-order valence-corrected chi connectivity index (χ2v) is 8.97. The maximum Gasteiger partial charge on any atom is 0.0681 e. The van der Waals surface area contributed by atoms with Crippen molar-refractivity contribution >= 4 is 11.3 Å². The van der Waals surface area contributed by atoms with Gasteiger partial charge >= 0.3 is 0 Å². The summed E-state index contributed by atoms with van der Waals surface area (Å²) in [5.41, 5.74) is 3.91. The molecule has 3 nitrogen and oxygen atoms in total. The number of hydrogen-bond acceptors (Lipinski definition) is 4. The molecule has 26 heavy (non-hydrogen) atoms. The summed E-state index contributed by atoms with van der Waals surface area (Å²) in [6.07, 6.45) is 5.20. The highest BCUT2D eigenvalue weighted by atomic mass is 32.1. The van der Waals surface area contributed by atoms with E-state index in [0.717, 1.165) is 31.0 Å². The Kier molecular flexibility index (Phi) is 6.05. The number of likely N-dealkylation sites (tertiary alicyclic amines) is 2. The maximum absolute atomic E-state index is 9.16. The number of hydrogen-bond donors (Lipinski definition) is 1. The molecule has 2 aliphatic rings. The number of thiophene rings is 1. The Morgan fingerprint density at radius 3 is 2.46 bits per heavy atom. The van der Waals surface area contributed by atoms with Gasteiger partial charge < -0.3 is 5.11 Å². The van der Waals surface area contributed by atoms with E-state index in [0.29, 0.717) is 0 Å². The summed E-state index contributed by atoms with van der Waals surface area (Å²) in [6, 6.07) is 10.9. The molecular weight excluding hydrogens is 340 g/mol. The SMILES string of the molecule is OCc1ccc(CC2CCN(Cc3cc(CN4CCCC4)cs3)C2)cc1. The lowest BCUT2D eigenvalue weighted by atomic mass is 9.98. The van der Waals surface area contributed by atoms with Crippen LogP contribution in [0.15, 0.2) is 35.7 Å². The molecule has 0 aliphatic carbocycles. The molecule has 3 heterocycles. The molecule has 1 atom stereocenters. The Morgan fingerprint density at radius 1 is 0.923 bits per heavy atom. The summed E-state index contributed by atoms with van der Waals surface area (Å²) >= 11 is 1.94. The molecule has 1 aromatic carbocycles. The quantitative estimate of drug-likeness (QED) is 0.801. The highest BCUT2D eigenvalue weighted by Gasteiger charge is 2.23. The van der Waals surface area contributed by atoms with E-state index in [4.69, 9.17) is 5.11 Å². The standard InChI is InChI=1S/C22H30N2OS/c25-16-19-5-3-18(4-6-19)11-20-7-10-24(13-20)15-22-12-21(17-26-22)14-23-8-1-2-9-23/h3-6,12,17,20,25H,1-2,7-11,13-16H2. The first-order chi connectivity index (χ1) is 12.8. The Bertz CT molecular complexity index is 690. The van der Waals surface area contributed by atoms with Crippen LogP contribution in [0.5, 0.6) is 0 Å². The monoisotopic (exact) mass is 370 g/mol. The lowest BCUT2D eigenvalue weighted by Crippen LogP contribution is -2.20. The Hall–Kier alpha value is -1.20. The van der Waals surface area contributed by atoms with Crippen molar-refractivity contribution in [2.24, 2.45) is 5.92 Å². The van der Waals surface area contributed by atoms with Crippen LogP contribution in [-0.4, -0.2) is 41.1 Å². The van der Waals surface area contributed by atoms with Gasteiger partial charge in [0.15, 0.2) is 0 Å². The molecular formula is C22H30N2OS. The topological polar surface area (TPSA) is 26.7 Å². The van der Waals surface area contributed by atoms with Gasteiger partial charge in [-0.3, -0.25) is 9.80 Å². The Morgan fingerprint density at radius 2 is 1.69 bits per heavy atom. The van der Waals surface area contributed by atoms with Gasteiger partial charge in [-0.25, -0.2) is 0 Å². The predicted octanol–water partition coefficient (Wildman–Crippen LogP) is 3.90. The summed E-state index contributed by atoms with van der Waals surface area (Å²) in [4.78, 5) is 6.73. The van der Waals surface area contributed by atoms with Gasteiger partial charge in [-0.2, -0.15) is 0 Å². The first-order valence-corrected chi connectivity index (χ1v) is 10.9. The molecule has 2 fully saturated rings. The number of benzene rings is 1. The van der Waals surface area contributed by atoms with Crippen LogP contribution in [-0.2, 0) is 26.1 Å². The number of nitrogens with zero attached hydrogens (tertiary/aromatic N) is 2. The fraction of sp³-hybridized carbons (Fsp3) is 0.545. The fourth-order valence-electron chi connectivity index (χ4n) is 4.35. The van der Waals surface area contributed by atoms with E-state index in [1.54, 1.807) is 0 Å². The van der Waals surface area contributed by atoms with Crippen LogP contribution in [0.1, 0.15) is 40.8 Å². The zero-order valence-corrected chi connectivity index (χ0v) is 16.4. The van der Waals surface area contributed by atoms with Crippen LogP contribution < -0.4 is 0 Å². The van der Waals surface area contributed by atoms with E-state index in [9.17, 15) is 0 Å². The summed E-state index contributed by atoms with van der Waals surface area (Å²) in [5.74, 6) is 0.763. The van der Waals surface area contributed by atoms with Crippen molar-refractivity contribution in [3.8, 4) is 0 Å². The molecule has 4 heteroatoms. The molecule has 0 radical (unpaired) electrons. The molecule has 2 aromatic rings. The van der Waals surface area contributed by atoms with E-state index in [1.165, 1.54) is 61.4 Å². The predicted molar refractivity (Wildman–Crippen MR) is 108 cm³/mol. The largest absolute Gasteiger partial charge is 0.392 e. The van der Waals surface area contributed by atoms with Gasteiger partial charge in [-0.05, 0) is 79.4 Å². The number of aliphatic hydroxyl groups is 1. The Labute approximate surface area is 161 Å². The van der Waals surface area contributed by atoms with Crippen molar-refractivity contribution < 1.29 is 5.11 Å². The van der Waals surface area contributed by atoms with Crippen LogP contribution in [0.25, 0.3) is 0 Å². The molecule has 140 valence electrons. The molecule has 1 aromatic heterocycles. The number of rotatable bonds is 7. The third-order valence-electron chi connectivity index (χ3n) is 5.79. The first kappa shape index (κ1) is 18.2. The van der Waals surface area contributed by atoms with Gasteiger partial charge in [-0.1, -0.05) is 24.3 Å². The minimum absolute atomic E-state index is 0.137. The molecule has 2 aliphatic heterocycles. The van der Waals surface area contributed by atoms with Gasteiger partial charge in [-0.15, -0.1) is 11.3 Å². The minimum Gasteiger partial charge on any atom is -0.392 e. The fourth-order valence-corrected chi connectivity index (χ4v) is 5.27. The third kappa shape index (κ3) is 4.74. The molecule has 0 bridgehead atoms. The molecule has 1 unspecified atom stereocenters. The molecule has 4 rings (SSSR count). The summed E-state index contributed by atoms with van der Waals surface area (Å²) in [5, 5.41) is 11.5. The van der Waals surface area contributed by atoms with Gasteiger partial charge in [0.1, 0.15) is 0 Å². The van der Waals surface area contributed by atoms with Crippen molar-refractivity contribution in [3.05, 3.63) is 57.3 Å².